The van der Waals surface area contributed by atoms with Gasteiger partial charge in [0, 0.05) is 18.7 Å². The van der Waals surface area contributed by atoms with Gasteiger partial charge in [0.05, 0.1) is 32.5 Å². The minimum absolute atomic E-state index is 0.218. The highest BCUT2D eigenvalue weighted by Gasteiger charge is 2.17. The highest BCUT2D eigenvalue weighted by atomic mass is 16.5. The summed E-state index contributed by atoms with van der Waals surface area (Å²) in [5, 5.41) is 11.8. The summed E-state index contributed by atoms with van der Waals surface area (Å²) in [4.78, 5) is 23.5. The van der Waals surface area contributed by atoms with E-state index in [1.165, 1.54) is 27.4 Å². The summed E-state index contributed by atoms with van der Waals surface area (Å²) in [5.41, 5.74) is 1.37. The van der Waals surface area contributed by atoms with Crippen molar-refractivity contribution in [1.82, 2.24) is 5.32 Å². The Labute approximate surface area is 151 Å². The van der Waals surface area contributed by atoms with Crippen LogP contribution in [0.2, 0.25) is 0 Å². The lowest BCUT2D eigenvalue weighted by molar-refractivity contribution is 0.0696. The molecule has 2 aromatic rings. The molecule has 26 heavy (non-hydrogen) atoms. The number of hydrogen-bond acceptors (Lipinski definition) is 5. The lowest BCUT2D eigenvalue weighted by Crippen LogP contribution is -2.26. The maximum atomic E-state index is 12.5. The molecule has 0 aromatic heterocycles. The second-order valence-corrected chi connectivity index (χ2v) is 5.42. The van der Waals surface area contributed by atoms with E-state index in [1.807, 2.05) is 6.07 Å². The zero-order valence-electron chi connectivity index (χ0n) is 14.9. The first-order chi connectivity index (χ1) is 12.5. The summed E-state index contributed by atoms with van der Waals surface area (Å²) in [5.74, 6) is -0.0461. The molecule has 2 N–H and O–H groups in total. The standard InChI is InChI=1S/C19H21NO6/c1-24-15-11-17(26-3)16(25-2)10-14(15)18(21)20-8-7-12-5-4-6-13(9-12)19(22)23/h4-6,9-11H,7-8H2,1-3H3,(H,20,21)(H,22,23). The highest BCUT2D eigenvalue weighted by molar-refractivity contribution is 5.97. The SMILES string of the molecule is COc1cc(OC)c(C(=O)NCCc2cccc(C(=O)O)c2)cc1OC. The normalized spacial score (nSPS) is 10.1. The Morgan fingerprint density at radius 2 is 1.62 bits per heavy atom. The van der Waals surface area contributed by atoms with Gasteiger partial charge in [-0.25, -0.2) is 4.79 Å². The predicted molar refractivity (Wildman–Crippen MR) is 95.5 cm³/mol. The molecule has 0 aliphatic carbocycles. The first-order valence-electron chi connectivity index (χ1n) is 7.90. The molecule has 2 rings (SSSR count). The highest BCUT2D eigenvalue weighted by Crippen LogP contribution is 2.34. The van der Waals surface area contributed by atoms with Crippen LogP contribution in [0.1, 0.15) is 26.3 Å². The fraction of sp³-hybridized carbons (Fsp3) is 0.263. The molecule has 0 atom stereocenters. The van der Waals surface area contributed by atoms with Crippen LogP contribution in [0.5, 0.6) is 17.2 Å². The van der Waals surface area contributed by atoms with Crippen molar-refractivity contribution in [3.63, 3.8) is 0 Å². The topological polar surface area (TPSA) is 94.1 Å². The van der Waals surface area contributed by atoms with E-state index in [0.29, 0.717) is 35.8 Å². The zero-order chi connectivity index (χ0) is 19.1. The van der Waals surface area contributed by atoms with E-state index in [0.717, 1.165) is 5.56 Å². The Balaban J connectivity index is 2.08. The van der Waals surface area contributed by atoms with Gasteiger partial charge in [-0.2, -0.15) is 0 Å². The average Bonchev–Trinajstić information content (AvgIpc) is 2.66. The minimum atomic E-state index is -0.981. The monoisotopic (exact) mass is 359 g/mol. The number of rotatable bonds is 8. The molecule has 0 unspecified atom stereocenters. The van der Waals surface area contributed by atoms with Gasteiger partial charge < -0.3 is 24.6 Å². The van der Waals surface area contributed by atoms with Crippen molar-refractivity contribution in [3.8, 4) is 17.2 Å². The van der Waals surface area contributed by atoms with Gasteiger partial charge in [-0.15, -0.1) is 0 Å². The quantitative estimate of drug-likeness (QED) is 0.752. The number of aromatic carboxylic acids is 1. The van der Waals surface area contributed by atoms with E-state index in [1.54, 1.807) is 24.3 Å². The summed E-state index contributed by atoms with van der Waals surface area (Å²) in [6.45, 7) is 0.347. The predicted octanol–water partition coefficient (Wildman–Crippen LogP) is 2.38. The Morgan fingerprint density at radius 1 is 0.962 bits per heavy atom. The Hall–Kier alpha value is -3.22. The van der Waals surface area contributed by atoms with Gasteiger partial charge in [-0.1, -0.05) is 12.1 Å². The number of ether oxygens (including phenoxy) is 3. The van der Waals surface area contributed by atoms with E-state index in [9.17, 15) is 9.59 Å². The van der Waals surface area contributed by atoms with Crippen molar-refractivity contribution in [2.24, 2.45) is 0 Å². The molecule has 0 fully saturated rings. The summed E-state index contributed by atoms with van der Waals surface area (Å²) < 4.78 is 15.7. The van der Waals surface area contributed by atoms with Crippen LogP contribution in [-0.4, -0.2) is 44.9 Å². The molecule has 2 aromatic carbocycles. The smallest absolute Gasteiger partial charge is 0.335 e. The minimum Gasteiger partial charge on any atom is -0.496 e. The first kappa shape index (κ1) is 19.1. The number of nitrogens with one attached hydrogen (secondary N) is 1. The molecule has 0 spiro atoms. The van der Waals surface area contributed by atoms with Crippen LogP contribution in [-0.2, 0) is 6.42 Å². The van der Waals surface area contributed by atoms with E-state index in [2.05, 4.69) is 5.32 Å². The average molecular weight is 359 g/mol. The molecule has 0 aliphatic heterocycles. The van der Waals surface area contributed by atoms with Crippen LogP contribution in [0.25, 0.3) is 0 Å². The Kier molecular flexibility index (Phi) is 6.43. The van der Waals surface area contributed by atoms with Crippen LogP contribution >= 0.6 is 0 Å². The van der Waals surface area contributed by atoms with Gasteiger partial charge in [0.25, 0.3) is 5.91 Å². The number of carboxylic acids is 1. The maximum Gasteiger partial charge on any atom is 0.335 e. The molecule has 0 aliphatic rings. The van der Waals surface area contributed by atoms with Crippen molar-refractivity contribution in [1.29, 1.82) is 0 Å². The molecular weight excluding hydrogens is 338 g/mol. The number of carbonyl (C=O) groups excluding carboxylic acids is 1. The molecule has 138 valence electrons. The molecule has 7 heteroatoms. The van der Waals surface area contributed by atoms with Crippen LogP contribution in [0.3, 0.4) is 0 Å². The number of carboxylic acid groups (broad SMARTS) is 1. The van der Waals surface area contributed by atoms with E-state index >= 15 is 0 Å². The summed E-state index contributed by atoms with van der Waals surface area (Å²) in [6, 6.07) is 9.75. The molecule has 0 radical (unpaired) electrons. The molecular formula is C19H21NO6. The van der Waals surface area contributed by atoms with Crippen molar-refractivity contribution < 1.29 is 28.9 Å². The van der Waals surface area contributed by atoms with Crippen LogP contribution in [0, 0.1) is 0 Å². The van der Waals surface area contributed by atoms with Gasteiger partial charge in [-0.3, -0.25) is 4.79 Å². The molecule has 0 bridgehead atoms. The zero-order valence-corrected chi connectivity index (χ0v) is 14.9. The third kappa shape index (κ3) is 4.44. The molecule has 0 heterocycles. The third-order valence-electron chi connectivity index (χ3n) is 3.82. The lowest BCUT2D eigenvalue weighted by atomic mass is 10.1. The summed E-state index contributed by atoms with van der Waals surface area (Å²) >= 11 is 0. The van der Waals surface area contributed by atoms with Gasteiger partial charge in [0.2, 0.25) is 0 Å². The van der Waals surface area contributed by atoms with Gasteiger partial charge in [0.1, 0.15) is 5.75 Å². The number of methoxy groups -OCH3 is 3. The molecule has 0 saturated heterocycles. The van der Waals surface area contributed by atoms with Crippen LogP contribution in [0.4, 0.5) is 0 Å². The largest absolute Gasteiger partial charge is 0.496 e. The number of carbonyl (C=O) groups is 2. The van der Waals surface area contributed by atoms with Crippen molar-refractivity contribution in [2.75, 3.05) is 27.9 Å². The third-order valence-corrected chi connectivity index (χ3v) is 3.82. The molecule has 7 nitrogen and oxygen atoms in total. The summed E-state index contributed by atoms with van der Waals surface area (Å²) in [7, 11) is 4.46. The van der Waals surface area contributed by atoms with Gasteiger partial charge in [0.15, 0.2) is 11.5 Å². The maximum absolute atomic E-state index is 12.5. The summed E-state index contributed by atoms with van der Waals surface area (Å²) in [6.07, 6.45) is 0.502. The number of hydrogen-bond donors (Lipinski definition) is 2. The van der Waals surface area contributed by atoms with Crippen molar-refractivity contribution in [3.05, 3.63) is 53.1 Å². The van der Waals surface area contributed by atoms with Crippen molar-refractivity contribution in [2.45, 2.75) is 6.42 Å². The second kappa shape index (κ2) is 8.75. The number of amides is 1. The first-order valence-corrected chi connectivity index (χ1v) is 7.90. The fourth-order valence-electron chi connectivity index (χ4n) is 2.48. The van der Waals surface area contributed by atoms with E-state index in [-0.39, 0.29) is 11.5 Å². The van der Waals surface area contributed by atoms with Crippen LogP contribution in [0.15, 0.2) is 36.4 Å². The number of benzene rings is 2. The second-order valence-electron chi connectivity index (χ2n) is 5.42. The van der Waals surface area contributed by atoms with Crippen LogP contribution < -0.4 is 19.5 Å². The van der Waals surface area contributed by atoms with Gasteiger partial charge >= 0.3 is 5.97 Å². The van der Waals surface area contributed by atoms with Crippen molar-refractivity contribution >= 4 is 11.9 Å². The molecule has 0 saturated carbocycles. The van der Waals surface area contributed by atoms with Gasteiger partial charge in [-0.05, 0) is 24.1 Å². The van der Waals surface area contributed by atoms with E-state index in [4.69, 9.17) is 19.3 Å². The molecule has 1 amide bonds. The lowest BCUT2D eigenvalue weighted by Gasteiger charge is -2.14. The Morgan fingerprint density at radius 3 is 2.23 bits per heavy atom. The fourth-order valence-corrected chi connectivity index (χ4v) is 2.48. The van der Waals surface area contributed by atoms with E-state index < -0.39 is 5.97 Å². The Bertz CT molecular complexity index is 803.